The molecule has 0 saturated carbocycles. The number of halogens is 6. The number of nitrogens with zero attached hydrogens (tertiary/aromatic N) is 5. The van der Waals surface area contributed by atoms with Crippen LogP contribution < -0.4 is 5.32 Å². The molecule has 4 rings (SSSR count). The predicted molar refractivity (Wildman–Crippen MR) is 118 cm³/mol. The molecule has 0 saturated heterocycles. The van der Waals surface area contributed by atoms with E-state index in [1.165, 1.54) is 23.9 Å². The van der Waals surface area contributed by atoms with Crippen molar-refractivity contribution in [3.05, 3.63) is 74.2 Å². The van der Waals surface area contributed by atoms with Gasteiger partial charge in [0.05, 0.1) is 16.6 Å². The maximum atomic E-state index is 13.7. The van der Waals surface area contributed by atoms with Gasteiger partial charge in [-0.15, -0.1) is 0 Å². The number of anilines is 1. The summed E-state index contributed by atoms with van der Waals surface area (Å²) in [6.07, 6.45) is 1.51. The first-order valence-corrected chi connectivity index (χ1v) is 10.5. The van der Waals surface area contributed by atoms with Crippen LogP contribution >= 0.6 is 46.4 Å². The van der Waals surface area contributed by atoms with Crippen LogP contribution in [-0.4, -0.2) is 30.3 Å². The standard InChI is InChI=1S/C19H12Cl4F2N6O/c1-9-4-15(19(23,24)25)31-16(26-9)6-14(28-31)18(32)27-17-13(22)8-30(29-17)7-10-2-3-11(20)12(21)5-10/h2-6,8H,7H2,1H3,(H,27,29,32). The largest absolute Gasteiger partial charge is 0.364 e. The number of hydrogen-bond donors (Lipinski definition) is 1. The van der Waals surface area contributed by atoms with Crippen molar-refractivity contribution < 1.29 is 13.6 Å². The number of carbonyl (C=O) groups is 1. The van der Waals surface area contributed by atoms with Gasteiger partial charge in [0.2, 0.25) is 0 Å². The maximum absolute atomic E-state index is 13.7. The number of hydrogen-bond acceptors (Lipinski definition) is 4. The van der Waals surface area contributed by atoms with Crippen LogP contribution in [0.25, 0.3) is 5.65 Å². The number of alkyl halides is 3. The fraction of sp³-hybridized carbons (Fsp3) is 0.158. The number of carbonyl (C=O) groups excluding carboxylic acids is 1. The molecule has 0 bridgehead atoms. The Bertz CT molecular complexity index is 1350. The van der Waals surface area contributed by atoms with Gasteiger partial charge in [-0.25, -0.2) is 9.50 Å². The molecular formula is C19H12Cl4F2N6O. The SMILES string of the molecule is Cc1cc(C(F)(F)Cl)n2nc(C(=O)Nc3nn(Cc4ccc(Cl)c(Cl)c4)cc3Cl)cc2n1. The second-order valence-corrected chi connectivity index (χ2v) is 8.50. The van der Waals surface area contributed by atoms with Crippen LogP contribution in [0.1, 0.15) is 27.4 Å². The highest BCUT2D eigenvalue weighted by Crippen LogP contribution is 2.33. The minimum Gasteiger partial charge on any atom is -0.302 e. The summed E-state index contributed by atoms with van der Waals surface area (Å²) in [5, 5.41) is 7.95. The van der Waals surface area contributed by atoms with Crippen LogP contribution in [0.4, 0.5) is 14.6 Å². The van der Waals surface area contributed by atoms with Crippen LogP contribution in [0.2, 0.25) is 15.1 Å². The van der Waals surface area contributed by atoms with E-state index in [0.29, 0.717) is 22.3 Å². The van der Waals surface area contributed by atoms with Crippen molar-refractivity contribution in [3.63, 3.8) is 0 Å². The minimum atomic E-state index is -3.70. The van der Waals surface area contributed by atoms with E-state index in [-0.39, 0.29) is 22.2 Å². The van der Waals surface area contributed by atoms with E-state index in [9.17, 15) is 13.6 Å². The highest BCUT2D eigenvalue weighted by molar-refractivity contribution is 6.42. The van der Waals surface area contributed by atoms with E-state index in [0.717, 1.165) is 16.1 Å². The van der Waals surface area contributed by atoms with Gasteiger partial charge in [0.25, 0.3) is 5.91 Å². The maximum Gasteiger partial charge on any atom is 0.364 e. The van der Waals surface area contributed by atoms with Crippen LogP contribution in [-0.2, 0) is 11.9 Å². The summed E-state index contributed by atoms with van der Waals surface area (Å²) in [6.45, 7) is 1.84. The summed E-state index contributed by atoms with van der Waals surface area (Å²) < 4.78 is 29.8. The number of benzene rings is 1. The van der Waals surface area contributed by atoms with Crippen LogP contribution in [0.5, 0.6) is 0 Å². The molecule has 0 radical (unpaired) electrons. The van der Waals surface area contributed by atoms with Gasteiger partial charge in [-0.05, 0) is 42.3 Å². The molecule has 0 atom stereocenters. The Kier molecular flexibility index (Phi) is 6.02. The lowest BCUT2D eigenvalue weighted by atomic mass is 10.2. The molecule has 1 amide bonds. The molecule has 1 N–H and O–H groups in total. The lowest BCUT2D eigenvalue weighted by Crippen LogP contribution is -2.16. The molecule has 3 aromatic heterocycles. The summed E-state index contributed by atoms with van der Waals surface area (Å²) in [6, 6.07) is 7.47. The molecular weight excluding hydrogens is 508 g/mol. The number of fused-ring (bicyclic) bond motifs is 1. The molecule has 0 aliphatic carbocycles. The molecule has 4 aromatic rings. The Hall–Kier alpha value is -2.46. The lowest BCUT2D eigenvalue weighted by Gasteiger charge is -2.10. The summed E-state index contributed by atoms with van der Waals surface area (Å²) >= 11 is 23.3. The normalized spacial score (nSPS) is 11.8. The zero-order valence-electron chi connectivity index (χ0n) is 16.1. The first kappa shape index (κ1) is 22.7. The quantitative estimate of drug-likeness (QED) is 0.339. The average Bonchev–Trinajstić information content (AvgIpc) is 3.26. The molecule has 0 fully saturated rings. The Labute approximate surface area is 199 Å². The molecule has 32 heavy (non-hydrogen) atoms. The molecule has 0 spiro atoms. The second kappa shape index (κ2) is 8.47. The van der Waals surface area contributed by atoms with Crippen molar-refractivity contribution in [3.8, 4) is 0 Å². The third-order valence-electron chi connectivity index (χ3n) is 4.36. The third kappa shape index (κ3) is 4.66. The van der Waals surface area contributed by atoms with Crippen molar-refractivity contribution in [2.24, 2.45) is 0 Å². The first-order chi connectivity index (χ1) is 15.0. The Morgan fingerprint density at radius 2 is 1.84 bits per heavy atom. The highest BCUT2D eigenvalue weighted by Gasteiger charge is 2.32. The fourth-order valence-electron chi connectivity index (χ4n) is 2.97. The third-order valence-corrected chi connectivity index (χ3v) is 5.57. The van der Waals surface area contributed by atoms with Crippen LogP contribution in [0.3, 0.4) is 0 Å². The second-order valence-electron chi connectivity index (χ2n) is 6.81. The number of amides is 1. The van der Waals surface area contributed by atoms with Gasteiger partial charge in [0, 0.05) is 18.0 Å². The van der Waals surface area contributed by atoms with Gasteiger partial charge in [0.15, 0.2) is 17.2 Å². The number of nitrogens with one attached hydrogen (secondary N) is 1. The van der Waals surface area contributed by atoms with E-state index in [1.807, 2.05) is 0 Å². The summed E-state index contributed by atoms with van der Waals surface area (Å²) in [7, 11) is 0. The van der Waals surface area contributed by atoms with Gasteiger partial charge in [0.1, 0.15) is 10.7 Å². The molecule has 0 aliphatic rings. The molecule has 7 nitrogen and oxygen atoms in total. The Balaban J connectivity index is 1.58. The summed E-state index contributed by atoms with van der Waals surface area (Å²) in [5.41, 5.74) is 0.378. The van der Waals surface area contributed by atoms with Crippen molar-refractivity contribution in [1.29, 1.82) is 0 Å². The number of aryl methyl sites for hydroxylation is 1. The molecule has 166 valence electrons. The predicted octanol–water partition coefficient (Wildman–Crippen LogP) is 5.78. The van der Waals surface area contributed by atoms with E-state index in [2.05, 4.69) is 20.5 Å². The highest BCUT2D eigenvalue weighted by atomic mass is 35.5. The van der Waals surface area contributed by atoms with Crippen molar-refractivity contribution in [2.45, 2.75) is 18.9 Å². The number of aromatic nitrogens is 5. The average molecular weight is 520 g/mol. The van der Waals surface area contributed by atoms with E-state index in [4.69, 9.17) is 46.4 Å². The van der Waals surface area contributed by atoms with Gasteiger partial charge >= 0.3 is 5.38 Å². The van der Waals surface area contributed by atoms with Crippen molar-refractivity contribution >= 4 is 63.8 Å². The zero-order chi connectivity index (χ0) is 23.2. The topological polar surface area (TPSA) is 77.1 Å². The lowest BCUT2D eigenvalue weighted by molar-refractivity contribution is 0.0868. The molecule has 13 heteroatoms. The van der Waals surface area contributed by atoms with Gasteiger partial charge in [-0.2, -0.15) is 19.0 Å². The van der Waals surface area contributed by atoms with Gasteiger partial charge in [-0.1, -0.05) is 40.9 Å². The summed E-state index contributed by atoms with van der Waals surface area (Å²) in [4.78, 5) is 16.8. The summed E-state index contributed by atoms with van der Waals surface area (Å²) in [5.74, 6) is -0.639. The van der Waals surface area contributed by atoms with Gasteiger partial charge in [-0.3, -0.25) is 9.48 Å². The monoisotopic (exact) mass is 518 g/mol. The Morgan fingerprint density at radius 3 is 2.53 bits per heavy atom. The van der Waals surface area contributed by atoms with Crippen molar-refractivity contribution in [2.75, 3.05) is 5.32 Å². The van der Waals surface area contributed by atoms with Crippen LogP contribution in [0, 0.1) is 6.92 Å². The van der Waals surface area contributed by atoms with E-state index < -0.39 is 17.0 Å². The minimum absolute atomic E-state index is 0.0433. The zero-order valence-corrected chi connectivity index (χ0v) is 19.1. The first-order valence-electron chi connectivity index (χ1n) is 8.94. The van der Waals surface area contributed by atoms with Crippen LogP contribution in [0.15, 0.2) is 36.5 Å². The smallest absolute Gasteiger partial charge is 0.302 e. The fourth-order valence-corrected chi connectivity index (χ4v) is 3.63. The number of rotatable bonds is 5. The van der Waals surface area contributed by atoms with Gasteiger partial charge < -0.3 is 5.32 Å². The molecule has 3 heterocycles. The molecule has 1 aromatic carbocycles. The Morgan fingerprint density at radius 1 is 1.09 bits per heavy atom. The van der Waals surface area contributed by atoms with Crippen molar-refractivity contribution in [1.82, 2.24) is 24.4 Å². The van der Waals surface area contributed by atoms with E-state index in [1.54, 1.807) is 18.2 Å². The molecule has 0 unspecified atom stereocenters. The van der Waals surface area contributed by atoms with E-state index >= 15 is 0 Å². The molecule has 0 aliphatic heterocycles.